The lowest BCUT2D eigenvalue weighted by molar-refractivity contribution is -0.118. The molecule has 0 saturated heterocycles. The Kier molecular flexibility index (Phi) is 4.02. The van der Waals surface area contributed by atoms with E-state index in [4.69, 9.17) is 4.74 Å². The van der Waals surface area contributed by atoms with E-state index in [-0.39, 0.29) is 18.4 Å². The Balaban J connectivity index is 1.75. The maximum Gasteiger partial charge on any atom is 0.262 e. The minimum Gasteiger partial charge on any atom is -0.482 e. The number of hydrogen-bond donors (Lipinski definition) is 1. The van der Waals surface area contributed by atoms with Crippen molar-refractivity contribution in [1.82, 2.24) is 4.90 Å². The quantitative estimate of drug-likeness (QED) is 0.948. The topological polar surface area (TPSA) is 58.6 Å². The van der Waals surface area contributed by atoms with Crippen LogP contribution in [0.2, 0.25) is 0 Å². The molecule has 1 heterocycles. The third kappa shape index (κ3) is 3.34. The van der Waals surface area contributed by atoms with Gasteiger partial charge >= 0.3 is 0 Å². The average molecular weight is 310 g/mol. The Morgan fingerprint density at radius 1 is 1.22 bits per heavy atom. The van der Waals surface area contributed by atoms with Gasteiger partial charge in [-0.3, -0.25) is 9.59 Å². The number of nitrogens with one attached hydrogen (secondary N) is 1. The van der Waals surface area contributed by atoms with Crippen LogP contribution in [0.4, 0.5) is 5.69 Å². The first-order valence-electron chi connectivity index (χ1n) is 7.40. The molecule has 0 unspecified atom stereocenters. The fourth-order valence-electron chi connectivity index (χ4n) is 2.48. The van der Waals surface area contributed by atoms with Gasteiger partial charge in [0.2, 0.25) is 0 Å². The zero-order chi connectivity index (χ0) is 16.4. The SMILES string of the molecule is Cc1ccc(CN(C)C(=O)c2ccc3c(c2)NC(=O)CO3)cc1. The number of carbonyl (C=O) groups is 2. The minimum absolute atomic E-state index is 0.00756. The van der Waals surface area contributed by atoms with Crippen LogP contribution in [0, 0.1) is 6.92 Å². The molecule has 2 amide bonds. The third-order valence-electron chi connectivity index (χ3n) is 3.75. The molecule has 2 aromatic rings. The van der Waals surface area contributed by atoms with Crippen molar-refractivity contribution in [3.63, 3.8) is 0 Å². The summed E-state index contributed by atoms with van der Waals surface area (Å²) in [4.78, 5) is 25.6. The second-order valence-electron chi connectivity index (χ2n) is 5.69. The Hall–Kier alpha value is -2.82. The average Bonchev–Trinajstić information content (AvgIpc) is 2.55. The van der Waals surface area contributed by atoms with Crippen molar-refractivity contribution in [2.45, 2.75) is 13.5 Å². The van der Waals surface area contributed by atoms with Gasteiger partial charge in [-0.1, -0.05) is 29.8 Å². The molecule has 2 aromatic carbocycles. The lowest BCUT2D eigenvalue weighted by atomic mass is 10.1. The second-order valence-corrected chi connectivity index (χ2v) is 5.69. The lowest BCUT2D eigenvalue weighted by Crippen LogP contribution is -2.28. The molecule has 0 radical (unpaired) electrons. The number of aryl methyl sites for hydroxylation is 1. The van der Waals surface area contributed by atoms with Crippen LogP contribution in [-0.4, -0.2) is 30.4 Å². The fourth-order valence-corrected chi connectivity index (χ4v) is 2.48. The summed E-state index contributed by atoms with van der Waals surface area (Å²) in [5, 5.41) is 2.72. The highest BCUT2D eigenvalue weighted by Crippen LogP contribution is 2.28. The lowest BCUT2D eigenvalue weighted by Gasteiger charge is -2.21. The van der Waals surface area contributed by atoms with Crippen LogP contribution in [0.1, 0.15) is 21.5 Å². The van der Waals surface area contributed by atoms with Crippen LogP contribution in [-0.2, 0) is 11.3 Å². The second kappa shape index (κ2) is 6.12. The van der Waals surface area contributed by atoms with Gasteiger partial charge in [0.25, 0.3) is 11.8 Å². The van der Waals surface area contributed by atoms with Crippen LogP contribution < -0.4 is 10.1 Å². The van der Waals surface area contributed by atoms with E-state index in [2.05, 4.69) is 5.32 Å². The summed E-state index contributed by atoms with van der Waals surface area (Å²) in [7, 11) is 1.76. The maximum absolute atomic E-state index is 12.6. The van der Waals surface area contributed by atoms with Crippen molar-refractivity contribution in [3.05, 3.63) is 59.2 Å². The molecule has 0 aromatic heterocycles. The van der Waals surface area contributed by atoms with Crippen LogP contribution >= 0.6 is 0 Å². The monoisotopic (exact) mass is 310 g/mol. The van der Waals surface area contributed by atoms with Gasteiger partial charge < -0.3 is 15.0 Å². The summed E-state index contributed by atoms with van der Waals surface area (Å²) in [5.41, 5.74) is 3.31. The maximum atomic E-state index is 12.6. The number of nitrogens with zero attached hydrogens (tertiary/aromatic N) is 1. The molecular formula is C18H18N2O3. The predicted octanol–water partition coefficient (Wildman–Crippen LogP) is 2.60. The van der Waals surface area contributed by atoms with Crippen molar-refractivity contribution in [2.75, 3.05) is 19.0 Å². The first kappa shape index (κ1) is 15.1. The van der Waals surface area contributed by atoms with Crippen LogP contribution in [0.3, 0.4) is 0 Å². The van der Waals surface area contributed by atoms with Gasteiger partial charge in [-0.2, -0.15) is 0 Å². The minimum atomic E-state index is -0.213. The fraction of sp³-hybridized carbons (Fsp3) is 0.222. The number of amides is 2. The highest BCUT2D eigenvalue weighted by Gasteiger charge is 2.19. The van der Waals surface area contributed by atoms with E-state index in [0.29, 0.717) is 23.5 Å². The van der Waals surface area contributed by atoms with Crippen molar-refractivity contribution >= 4 is 17.5 Å². The van der Waals surface area contributed by atoms with E-state index < -0.39 is 0 Å². The molecule has 1 aliphatic rings. The highest BCUT2D eigenvalue weighted by molar-refractivity contribution is 5.99. The zero-order valence-electron chi connectivity index (χ0n) is 13.1. The molecule has 5 heteroatoms. The van der Waals surface area contributed by atoms with Crippen LogP contribution in [0.5, 0.6) is 5.75 Å². The summed E-state index contributed by atoms with van der Waals surface area (Å²) in [6.45, 7) is 2.56. The van der Waals surface area contributed by atoms with Gasteiger partial charge in [-0.25, -0.2) is 0 Å². The molecular weight excluding hydrogens is 292 g/mol. The summed E-state index contributed by atoms with van der Waals surface area (Å²) >= 11 is 0. The normalized spacial score (nSPS) is 12.9. The van der Waals surface area contributed by atoms with Gasteiger partial charge in [0.1, 0.15) is 5.75 Å². The summed E-state index contributed by atoms with van der Waals surface area (Å²) in [6, 6.07) is 13.2. The van der Waals surface area contributed by atoms with Crippen molar-refractivity contribution in [2.24, 2.45) is 0 Å². The Morgan fingerprint density at radius 2 is 1.96 bits per heavy atom. The Morgan fingerprint density at radius 3 is 2.70 bits per heavy atom. The molecule has 3 rings (SSSR count). The summed E-state index contributed by atoms with van der Waals surface area (Å²) in [5.74, 6) is 0.269. The Labute approximate surface area is 134 Å². The Bertz CT molecular complexity index is 753. The van der Waals surface area contributed by atoms with Gasteiger partial charge in [-0.05, 0) is 30.7 Å². The molecule has 1 N–H and O–H groups in total. The number of anilines is 1. The number of rotatable bonds is 3. The number of carbonyl (C=O) groups excluding carboxylic acids is 2. The predicted molar refractivity (Wildman–Crippen MR) is 87.5 cm³/mol. The molecule has 1 aliphatic heterocycles. The first-order valence-corrected chi connectivity index (χ1v) is 7.40. The number of ether oxygens (including phenoxy) is 1. The smallest absolute Gasteiger partial charge is 0.262 e. The van der Waals surface area contributed by atoms with Gasteiger partial charge in [0, 0.05) is 19.2 Å². The largest absolute Gasteiger partial charge is 0.482 e. The van der Waals surface area contributed by atoms with Crippen molar-refractivity contribution < 1.29 is 14.3 Å². The number of benzene rings is 2. The molecule has 23 heavy (non-hydrogen) atoms. The van der Waals surface area contributed by atoms with E-state index in [9.17, 15) is 9.59 Å². The van der Waals surface area contributed by atoms with E-state index in [1.807, 2.05) is 31.2 Å². The van der Waals surface area contributed by atoms with Gasteiger partial charge in [-0.15, -0.1) is 0 Å². The molecule has 0 saturated carbocycles. The molecule has 0 aliphatic carbocycles. The summed E-state index contributed by atoms with van der Waals surface area (Å²) < 4.78 is 5.30. The van der Waals surface area contributed by atoms with E-state index in [1.54, 1.807) is 30.1 Å². The van der Waals surface area contributed by atoms with Crippen molar-refractivity contribution in [3.8, 4) is 5.75 Å². The van der Waals surface area contributed by atoms with E-state index in [1.165, 1.54) is 5.56 Å². The van der Waals surface area contributed by atoms with Gasteiger partial charge in [0.05, 0.1) is 5.69 Å². The van der Waals surface area contributed by atoms with E-state index in [0.717, 1.165) is 5.56 Å². The van der Waals surface area contributed by atoms with Crippen LogP contribution in [0.15, 0.2) is 42.5 Å². The molecule has 118 valence electrons. The molecule has 0 spiro atoms. The zero-order valence-corrected chi connectivity index (χ0v) is 13.1. The molecule has 0 bridgehead atoms. The number of hydrogen-bond acceptors (Lipinski definition) is 3. The standard InChI is InChI=1S/C18H18N2O3/c1-12-3-5-13(6-4-12)10-20(2)18(22)14-7-8-16-15(9-14)19-17(21)11-23-16/h3-9H,10-11H2,1-2H3,(H,19,21). The van der Waals surface area contributed by atoms with Crippen molar-refractivity contribution in [1.29, 1.82) is 0 Å². The molecule has 0 fully saturated rings. The van der Waals surface area contributed by atoms with Crippen LogP contribution in [0.25, 0.3) is 0 Å². The third-order valence-corrected chi connectivity index (χ3v) is 3.75. The molecule has 5 nitrogen and oxygen atoms in total. The molecule has 0 atom stereocenters. The highest BCUT2D eigenvalue weighted by atomic mass is 16.5. The first-order chi connectivity index (χ1) is 11.0. The number of fused-ring (bicyclic) bond motifs is 1. The summed E-state index contributed by atoms with van der Waals surface area (Å²) in [6.07, 6.45) is 0. The van der Waals surface area contributed by atoms with Gasteiger partial charge in [0.15, 0.2) is 6.61 Å². The van der Waals surface area contributed by atoms with E-state index >= 15 is 0 Å².